The standard InChI is InChI=1S/C14H21NO2S/c1-9(2)10(3)18-8-11-6-13-14(7-12(11)15)17-5-4-16-13/h6-7,9-10H,4-5,8,15H2,1-3H3. The monoisotopic (exact) mass is 267 g/mol. The number of nitrogens with two attached hydrogens (primary N) is 1. The molecule has 1 aliphatic heterocycles. The van der Waals surface area contributed by atoms with Crippen molar-refractivity contribution in [2.24, 2.45) is 5.92 Å². The van der Waals surface area contributed by atoms with E-state index in [1.807, 2.05) is 23.9 Å². The quantitative estimate of drug-likeness (QED) is 0.850. The molecule has 0 saturated heterocycles. The molecule has 0 spiro atoms. The van der Waals surface area contributed by atoms with E-state index in [9.17, 15) is 0 Å². The first-order valence-electron chi connectivity index (χ1n) is 6.37. The van der Waals surface area contributed by atoms with E-state index in [4.69, 9.17) is 15.2 Å². The lowest BCUT2D eigenvalue weighted by atomic mass is 10.1. The van der Waals surface area contributed by atoms with Crippen LogP contribution in [0.4, 0.5) is 5.69 Å². The maximum atomic E-state index is 6.06. The summed E-state index contributed by atoms with van der Waals surface area (Å²) in [5.74, 6) is 3.18. The molecule has 0 radical (unpaired) electrons. The summed E-state index contributed by atoms with van der Waals surface area (Å²) in [5, 5.41) is 0.623. The van der Waals surface area contributed by atoms with Gasteiger partial charge in [0.2, 0.25) is 0 Å². The second-order valence-electron chi connectivity index (χ2n) is 4.95. The molecular weight excluding hydrogens is 246 g/mol. The van der Waals surface area contributed by atoms with Crippen molar-refractivity contribution in [3.8, 4) is 11.5 Å². The lowest BCUT2D eigenvalue weighted by Gasteiger charge is -2.21. The predicted octanol–water partition coefficient (Wildman–Crippen LogP) is 3.32. The van der Waals surface area contributed by atoms with Crippen molar-refractivity contribution in [1.82, 2.24) is 0 Å². The lowest BCUT2D eigenvalue weighted by Crippen LogP contribution is -2.16. The second kappa shape index (κ2) is 5.74. The van der Waals surface area contributed by atoms with Gasteiger partial charge in [0.05, 0.1) is 0 Å². The van der Waals surface area contributed by atoms with Gasteiger partial charge in [-0.2, -0.15) is 11.8 Å². The molecule has 1 atom stereocenters. The molecule has 0 bridgehead atoms. The maximum absolute atomic E-state index is 6.06. The SMILES string of the molecule is CC(C)C(C)SCc1cc2c(cc1N)OCCO2. The summed E-state index contributed by atoms with van der Waals surface area (Å²) in [6.07, 6.45) is 0. The Morgan fingerprint density at radius 1 is 1.17 bits per heavy atom. The molecule has 1 heterocycles. The van der Waals surface area contributed by atoms with E-state index < -0.39 is 0 Å². The van der Waals surface area contributed by atoms with Crippen LogP contribution in [0.3, 0.4) is 0 Å². The molecule has 0 saturated carbocycles. The molecule has 100 valence electrons. The van der Waals surface area contributed by atoms with E-state index in [-0.39, 0.29) is 0 Å². The normalized spacial score (nSPS) is 15.8. The first kappa shape index (κ1) is 13.4. The van der Waals surface area contributed by atoms with Crippen LogP contribution in [0, 0.1) is 5.92 Å². The van der Waals surface area contributed by atoms with Crippen molar-refractivity contribution >= 4 is 17.4 Å². The smallest absolute Gasteiger partial charge is 0.163 e. The van der Waals surface area contributed by atoms with E-state index >= 15 is 0 Å². The molecule has 0 aliphatic carbocycles. The van der Waals surface area contributed by atoms with Gasteiger partial charge in [-0.05, 0) is 17.5 Å². The van der Waals surface area contributed by atoms with Gasteiger partial charge in [0, 0.05) is 22.8 Å². The summed E-state index contributed by atoms with van der Waals surface area (Å²) in [4.78, 5) is 0. The molecule has 18 heavy (non-hydrogen) atoms. The first-order chi connectivity index (χ1) is 8.58. The predicted molar refractivity (Wildman–Crippen MR) is 77.4 cm³/mol. The summed E-state index contributed by atoms with van der Waals surface area (Å²) in [6, 6.07) is 3.90. The average Bonchev–Trinajstić information content (AvgIpc) is 2.35. The van der Waals surface area contributed by atoms with Crippen LogP contribution in [0.15, 0.2) is 12.1 Å². The Balaban J connectivity index is 2.08. The summed E-state index contributed by atoms with van der Waals surface area (Å²) >= 11 is 1.93. The van der Waals surface area contributed by atoms with Crippen molar-refractivity contribution in [1.29, 1.82) is 0 Å². The van der Waals surface area contributed by atoms with Crippen LogP contribution in [0.25, 0.3) is 0 Å². The first-order valence-corrected chi connectivity index (χ1v) is 7.42. The van der Waals surface area contributed by atoms with Crippen LogP contribution < -0.4 is 15.2 Å². The molecule has 1 aliphatic rings. The summed E-state index contributed by atoms with van der Waals surface area (Å²) in [7, 11) is 0. The fourth-order valence-electron chi connectivity index (χ4n) is 1.69. The van der Waals surface area contributed by atoms with Crippen LogP contribution >= 0.6 is 11.8 Å². The maximum Gasteiger partial charge on any atom is 0.163 e. The molecule has 0 amide bonds. The Kier molecular flexibility index (Phi) is 4.27. The van der Waals surface area contributed by atoms with Crippen molar-refractivity contribution in [2.75, 3.05) is 18.9 Å². The average molecular weight is 267 g/mol. The third-order valence-corrected chi connectivity index (χ3v) is 4.79. The van der Waals surface area contributed by atoms with Crippen LogP contribution in [0.1, 0.15) is 26.3 Å². The van der Waals surface area contributed by atoms with Gasteiger partial charge >= 0.3 is 0 Å². The molecule has 0 fully saturated rings. The number of ether oxygens (including phenoxy) is 2. The molecule has 1 aromatic rings. The van der Waals surface area contributed by atoms with Gasteiger partial charge in [0.1, 0.15) is 13.2 Å². The van der Waals surface area contributed by atoms with E-state index in [0.29, 0.717) is 24.4 Å². The van der Waals surface area contributed by atoms with Crippen LogP contribution in [0.2, 0.25) is 0 Å². The van der Waals surface area contributed by atoms with E-state index in [0.717, 1.165) is 28.5 Å². The zero-order chi connectivity index (χ0) is 13.1. The number of benzene rings is 1. The summed E-state index contributed by atoms with van der Waals surface area (Å²) < 4.78 is 11.1. The Labute approximate surface area is 113 Å². The fraction of sp³-hybridized carbons (Fsp3) is 0.571. The van der Waals surface area contributed by atoms with Gasteiger partial charge in [-0.1, -0.05) is 20.8 Å². The molecule has 2 N–H and O–H groups in total. The minimum Gasteiger partial charge on any atom is -0.486 e. The lowest BCUT2D eigenvalue weighted by molar-refractivity contribution is 0.171. The third-order valence-electron chi connectivity index (χ3n) is 3.24. The highest BCUT2D eigenvalue weighted by atomic mass is 32.2. The number of anilines is 1. The number of hydrogen-bond donors (Lipinski definition) is 1. The summed E-state index contributed by atoms with van der Waals surface area (Å²) in [6.45, 7) is 7.95. The van der Waals surface area contributed by atoms with Gasteiger partial charge in [-0.3, -0.25) is 0 Å². The van der Waals surface area contributed by atoms with Gasteiger partial charge in [-0.15, -0.1) is 0 Å². The van der Waals surface area contributed by atoms with E-state index in [2.05, 4.69) is 20.8 Å². The Morgan fingerprint density at radius 3 is 2.39 bits per heavy atom. The van der Waals surface area contributed by atoms with Crippen molar-refractivity contribution < 1.29 is 9.47 Å². The minimum atomic E-state index is 0.602. The molecule has 0 aromatic heterocycles. The Hall–Kier alpha value is -1.03. The molecule has 3 nitrogen and oxygen atoms in total. The third kappa shape index (κ3) is 3.05. The highest BCUT2D eigenvalue weighted by molar-refractivity contribution is 7.99. The van der Waals surface area contributed by atoms with Gasteiger partial charge in [0.15, 0.2) is 11.5 Å². The topological polar surface area (TPSA) is 44.5 Å². The van der Waals surface area contributed by atoms with Crippen molar-refractivity contribution in [3.05, 3.63) is 17.7 Å². The van der Waals surface area contributed by atoms with Crippen molar-refractivity contribution in [2.45, 2.75) is 31.8 Å². The highest BCUT2D eigenvalue weighted by Crippen LogP contribution is 2.36. The van der Waals surface area contributed by atoms with Gasteiger partial charge < -0.3 is 15.2 Å². The minimum absolute atomic E-state index is 0.602. The molecule has 1 aromatic carbocycles. The number of hydrogen-bond acceptors (Lipinski definition) is 4. The van der Waals surface area contributed by atoms with Gasteiger partial charge in [-0.25, -0.2) is 0 Å². The number of rotatable bonds is 4. The zero-order valence-corrected chi connectivity index (χ0v) is 12.0. The van der Waals surface area contributed by atoms with Crippen LogP contribution in [-0.4, -0.2) is 18.5 Å². The molecule has 4 heteroatoms. The summed E-state index contributed by atoms with van der Waals surface area (Å²) in [5.41, 5.74) is 7.99. The highest BCUT2D eigenvalue weighted by Gasteiger charge is 2.15. The second-order valence-corrected chi connectivity index (χ2v) is 6.32. The van der Waals surface area contributed by atoms with E-state index in [1.54, 1.807) is 0 Å². The number of nitrogen functional groups attached to an aromatic ring is 1. The Bertz CT molecular complexity index is 421. The molecule has 2 rings (SSSR count). The fourth-order valence-corrected chi connectivity index (χ4v) is 2.76. The Morgan fingerprint density at radius 2 is 1.78 bits per heavy atom. The number of fused-ring (bicyclic) bond motifs is 1. The van der Waals surface area contributed by atoms with E-state index in [1.165, 1.54) is 0 Å². The largest absolute Gasteiger partial charge is 0.486 e. The zero-order valence-electron chi connectivity index (χ0n) is 11.2. The molecular formula is C14H21NO2S. The van der Waals surface area contributed by atoms with Gasteiger partial charge in [0.25, 0.3) is 0 Å². The number of thioether (sulfide) groups is 1. The van der Waals surface area contributed by atoms with Crippen LogP contribution in [0.5, 0.6) is 11.5 Å². The molecule has 1 unspecified atom stereocenters. The van der Waals surface area contributed by atoms with Crippen molar-refractivity contribution in [3.63, 3.8) is 0 Å². The van der Waals surface area contributed by atoms with Crippen LogP contribution in [-0.2, 0) is 5.75 Å².